The molecule has 4 heteroatoms. The van der Waals surface area contributed by atoms with Crippen LogP contribution in [0.3, 0.4) is 0 Å². The second-order valence-electron chi connectivity index (χ2n) is 6.82. The third-order valence-corrected chi connectivity index (χ3v) is 5.12. The Labute approximate surface area is 147 Å². The molecule has 0 amide bonds. The van der Waals surface area contributed by atoms with E-state index < -0.39 is 0 Å². The largest absolute Gasteiger partial charge is 0.389 e. The molecule has 0 saturated heterocycles. The van der Waals surface area contributed by atoms with Gasteiger partial charge in [0, 0.05) is 18.0 Å². The van der Waals surface area contributed by atoms with Crippen LogP contribution in [0.4, 0.5) is 0 Å². The van der Waals surface area contributed by atoms with Crippen LogP contribution < -0.4 is 5.73 Å². The molecule has 2 aromatic carbocycles. The Morgan fingerprint density at radius 2 is 1.96 bits per heavy atom. The SMILES string of the molecule is Cc1cc2nc(C3CC3)n(Cc3cccc(C(N)=S)c3)c2cc1C. The Kier molecular flexibility index (Phi) is 3.65. The molecule has 1 fully saturated rings. The van der Waals surface area contributed by atoms with Gasteiger partial charge in [-0.2, -0.15) is 0 Å². The lowest BCUT2D eigenvalue weighted by Gasteiger charge is -2.11. The summed E-state index contributed by atoms with van der Waals surface area (Å²) >= 11 is 5.11. The average Bonchev–Trinajstić information content (AvgIpc) is 3.34. The monoisotopic (exact) mass is 335 g/mol. The fourth-order valence-electron chi connectivity index (χ4n) is 3.22. The summed E-state index contributed by atoms with van der Waals surface area (Å²) in [5.74, 6) is 1.83. The molecule has 1 aliphatic rings. The summed E-state index contributed by atoms with van der Waals surface area (Å²) in [6.45, 7) is 5.12. The van der Waals surface area contributed by atoms with Crippen LogP contribution in [0, 0.1) is 13.8 Å². The maximum absolute atomic E-state index is 5.78. The first-order chi connectivity index (χ1) is 11.5. The van der Waals surface area contributed by atoms with Gasteiger partial charge in [0.05, 0.1) is 11.0 Å². The van der Waals surface area contributed by atoms with Crippen molar-refractivity contribution in [3.63, 3.8) is 0 Å². The minimum absolute atomic E-state index is 0.446. The molecule has 122 valence electrons. The Bertz CT molecular complexity index is 951. The van der Waals surface area contributed by atoms with Gasteiger partial charge in [0.15, 0.2) is 0 Å². The van der Waals surface area contributed by atoms with E-state index in [-0.39, 0.29) is 0 Å². The van der Waals surface area contributed by atoms with Gasteiger partial charge in [0.1, 0.15) is 10.8 Å². The summed E-state index contributed by atoms with van der Waals surface area (Å²) in [6.07, 6.45) is 2.49. The maximum atomic E-state index is 5.78. The van der Waals surface area contributed by atoms with Crippen LogP contribution in [0.2, 0.25) is 0 Å². The molecular weight excluding hydrogens is 314 g/mol. The van der Waals surface area contributed by atoms with Crippen molar-refractivity contribution in [3.8, 4) is 0 Å². The van der Waals surface area contributed by atoms with E-state index in [1.54, 1.807) is 0 Å². The highest BCUT2D eigenvalue weighted by Crippen LogP contribution is 2.41. The van der Waals surface area contributed by atoms with Crippen LogP contribution in [-0.4, -0.2) is 14.5 Å². The Morgan fingerprint density at radius 1 is 1.21 bits per heavy atom. The predicted molar refractivity (Wildman–Crippen MR) is 103 cm³/mol. The molecular formula is C20H21N3S. The van der Waals surface area contributed by atoms with Crippen molar-refractivity contribution in [2.45, 2.75) is 39.2 Å². The van der Waals surface area contributed by atoms with Crippen molar-refractivity contribution in [2.75, 3.05) is 0 Å². The van der Waals surface area contributed by atoms with Gasteiger partial charge < -0.3 is 10.3 Å². The van der Waals surface area contributed by atoms with Crippen molar-refractivity contribution < 1.29 is 0 Å². The lowest BCUT2D eigenvalue weighted by atomic mass is 10.1. The molecule has 24 heavy (non-hydrogen) atoms. The van der Waals surface area contributed by atoms with Gasteiger partial charge in [0.2, 0.25) is 0 Å². The van der Waals surface area contributed by atoms with Crippen LogP contribution in [0.5, 0.6) is 0 Å². The number of benzene rings is 2. The van der Waals surface area contributed by atoms with E-state index in [1.807, 2.05) is 12.1 Å². The molecule has 4 rings (SSSR count). The van der Waals surface area contributed by atoms with Crippen molar-refractivity contribution in [3.05, 3.63) is 64.5 Å². The van der Waals surface area contributed by atoms with Gasteiger partial charge in [-0.3, -0.25) is 0 Å². The highest BCUT2D eigenvalue weighted by atomic mass is 32.1. The van der Waals surface area contributed by atoms with Gasteiger partial charge in [-0.15, -0.1) is 0 Å². The number of imidazole rings is 1. The third kappa shape index (κ3) is 2.71. The summed E-state index contributed by atoms with van der Waals surface area (Å²) in [5.41, 5.74) is 12.8. The molecule has 0 bridgehead atoms. The Balaban J connectivity index is 1.83. The number of thiocarbonyl (C=S) groups is 1. The van der Waals surface area contributed by atoms with Gasteiger partial charge in [-0.25, -0.2) is 4.98 Å². The third-order valence-electron chi connectivity index (χ3n) is 4.89. The molecule has 0 aliphatic heterocycles. The zero-order valence-electron chi connectivity index (χ0n) is 14.0. The number of fused-ring (bicyclic) bond motifs is 1. The topological polar surface area (TPSA) is 43.8 Å². The number of aryl methyl sites for hydroxylation is 2. The summed E-state index contributed by atoms with van der Waals surface area (Å²) < 4.78 is 2.37. The maximum Gasteiger partial charge on any atom is 0.113 e. The van der Waals surface area contributed by atoms with E-state index in [0.717, 1.165) is 17.6 Å². The minimum atomic E-state index is 0.446. The number of rotatable bonds is 4. The van der Waals surface area contributed by atoms with Crippen molar-refractivity contribution in [1.82, 2.24) is 9.55 Å². The molecule has 0 atom stereocenters. The predicted octanol–water partition coefficient (Wildman–Crippen LogP) is 4.21. The lowest BCUT2D eigenvalue weighted by Crippen LogP contribution is -2.10. The van der Waals surface area contributed by atoms with Gasteiger partial charge in [-0.05, 0) is 61.6 Å². The summed E-state index contributed by atoms with van der Waals surface area (Å²) in [6, 6.07) is 12.7. The molecule has 2 N–H and O–H groups in total. The molecule has 3 nitrogen and oxygen atoms in total. The number of hydrogen-bond donors (Lipinski definition) is 1. The van der Waals surface area contributed by atoms with E-state index in [1.165, 1.54) is 40.9 Å². The van der Waals surface area contributed by atoms with E-state index in [4.69, 9.17) is 22.9 Å². The first-order valence-electron chi connectivity index (χ1n) is 8.39. The van der Waals surface area contributed by atoms with Crippen LogP contribution >= 0.6 is 12.2 Å². The number of hydrogen-bond acceptors (Lipinski definition) is 2. The average molecular weight is 335 g/mol. The summed E-state index contributed by atoms with van der Waals surface area (Å²) in [4.78, 5) is 5.39. The standard InChI is InChI=1S/C20H21N3S/c1-12-8-17-18(9-13(12)2)23(20(22-17)15-6-7-15)11-14-4-3-5-16(10-14)19(21)24/h3-5,8-10,15H,6-7,11H2,1-2H3,(H2,21,24). The number of nitrogens with zero attached hydrogens (tertiary/aromatic N) is 2. The highest BCUT2D eigenvalue weighted by Gasteiger charge is 2.29. The van der Waals surface area contributed by atoms with Crippen molar-refractivity contribution in [2.24, 2.45) is 5.73 Å². The first kappa shape index (κ1) is 15.3. The van der Waals surface area contributed by atoms with Gasteiger partial charge in [-0.1, -0.05) is 30.4 Å². The van der Waals surface area contributed by atoms with Gasteiger partial charge in [0.25, 0.3) is 0 Å². The first-order valence-corrected chi connectivity index (χ1v) is 8.80. The van der Waals surface area contributed by atoms with E-state index in [9.17, 15) is 0 Å². The second kappa shape index (κ2) is 5.71. The van der Waals surface area contributed by atoms with Crippen molar-refractivity contribution in [1.29, 1.82) is 0 Å². The highest BCUT2D eigenvalue weighted by molar-refractivity contribution is 7.80. The summed E-state index contributed by atoms with van der Waals surface area (Å²) in [7, 11) is 0. The zero-order chi connectivity index (χ0) is 16.8. The van der Waals surface area contributed by atoms with Crippen LogP contribution in [0.25, 0.3) is 11.0 Å². The zero-order valence-corrected chi connectivity index (χ0v) is 14.9. The molecule has 1 aromatic heterocycles. The van der Waals surface area contributed by atoms with Crippen LogP contribution in [0.15, 0.2) is 36.4 Å². The fraction of sp³-hybridized carbons (Fsp3) is 0.300. The van der Waals surface area contributed by atoms with E-state index in [2.05, 4.69) is 42.7 Å². The molecule has 0 unspecified atom stereocenters. The second-order valence-corrected chi connectivity index (χ2v) is 7.26. The quantitative estimate of drug-likeness (QED) is 0.726. The van der Waals surface area contributed by atoms with E-state index in [0.29, 0.717) is 10.9 Å². The minimum Gasteiger partial charge on any atom is -0.389 e. The number of nitrogens with two attached hydrogens (primary N) is 1. The number of aromatic nitrogens is 2. The molecule has 0 spiro atoms. The van der Waals surface area contributed by atoms with Gasteiger partial charge >= 0.3 is 0 Å². The lowest BCUT2D eigenvalue weighted by molar-refractivity contribution is 0.746. The molecule has 3 aromatic rings. The van der Waals surface area contributed by atoms with E-state index >= 15 is 0 Å². The molecule has 0 radical (unpaired) electrons. The molecule has 1 aliphatic carbocycles. The molecule has 1 heterocycles. The molecule has 1 saturated carbocycles. The van der Waals surface area contributed by atoms with Crippen LogP contribution in [0.1, 0.15) is 46.8 Å². The Morgan fingerprint density at radius 3 is 2.67 bits per heavy atom. The van der Waals surface area contributed by atoms with Crippen molar-refractivity contribution >= 4 is 28.2 Å². The fourth-order valence-corrected chi connectivity index (χ4v) is 3.35. The van der Waals surface area contributed by atoms with Crippen LogP contribution in [-0.2, 0) is 6.54 Å². The smallest absolute Gasteiger partial charge is 0.113 e. The normalized spacial score (nSPS) is 14.2. The Hall–Kier alpha value is -2.20. The summed E-state index contributed by atoms with van der Waals surface area (Å²) in [5, 5.41) is 0.